The number of rotatable bonds is 4. The van der Waals surface area contributed by atoms with Crippen LogP contribution < -0.4 is 0 Å². The number of carbonyl (C=O) groups is 2. The van der Waals surface area contributed by atoms with Crippen LogP contribution in [0.15, 0.2) is 71.8 Å². The maximum Gasteiger partial charge on any atom is 0.423 e. The molecule has 0 bridgehead atoms. The molecule has 0 amide bonds. The first kappa shape index (κ1) is 24.5. The summed E-state index contributed by atoms with van der Waals surface area (Å²) in [5, 5.41) is 16.8. The predicted octanol–water partition coefficient (Wildman–Crippen LogP) is 5.43. The van der Waals surface area contributed by atoms with E-state index in [1.807, 2.05) is 0 Å². The van der Waals surface area contributed by atoms with Crippen LogP contribution >= 0.6 is 0 Å². The number of halogens is 6. The van der Waals surface area contributed by atoms with Gasteiger partial charge in [-0.05, 0) is 23.3 Å². The third-order valence-electron chi connectivity index (χ3n) is 3.29. The van der Waals surface area contributed by atoms with Gasteiger partial charge in [0.05, 0.1) is 0 Å². The van der Waals surface area contributed by atoms with Gasteiger partial charge in [0.2, 0.25) is 0 Å². The van der Waals surface area contributed by atoms with Crippen LogP contribution in [-0.4, -0.2) is 34.5 Å². The first-order chi connectivity index (χ1) is 13.8. The summed E-state index contributed by atoms with van der Waals surface area (Å²) in [5.41, 5.74) is -2.75. The van der Waals surface area contributed by atoms with E-state index >= 15 is 0 Å². The van der Waals surface area contributed by atoms with Gasteiger partial charge in [0.15, 0.2) is 0 Å². The lowest BCUT2D eigenvalue weighted by Gasteiger charge is -2.06. The van der Waals surface area contributed by atoms with Crippen molar-refractivity contribution < 1.29 is 46.1 Å². The van der Waals surface area contributed by atoms with E-state index in [2.05, 4.69) is 0 Å². The first-order valence-corrected chi connectivity index (χ1v) is 7.97. The Kier molecular flexibility index (Phi) is 8.39. The van der Waals surface area contributed by atoms with Crippen molar-refractivity contribution in [2.45, 2.75) is 12.4 Å². The molecule has 2 aromatic carbocycles. The zero-order valence-electron chi connectivity index (χ0n) is 14.9. The van der Waals surface area contributed by atoms with Gasteiger partial charge in [-0.2, -0.15) is 26.3 Å². The third kappa shape index (κ3) is 8.21. The van der Waals surface area contributed by atoms with Crippen LogP contribution in [0.1, 0.15) is 11.1 Å². The first-order valence-electron chi connectivity index (χ1n) is 7.97. The minimum Gasteiger partial charge on any atom is -0.478 e. The molecule has 0 heterocycles. The van der Waals surface area contributed by atoms with Crippen LogP contribution in [0.3, 0.4) is 0 Å². The van der Waals surface area contributed by atoms with Gasteiger partial charge >= 0.3 is 24.3 Å². The van der Waals surface area contributed by atoms with Crippen LogP contribution in [0.25, 0.3) is 12.2 Å². The molecule has 0 radical (unpaired) electrons. The summed E-state index contributed by atoms with van der Waals surface area (Å²) >= 11 is 0. The van der Waals surface area contributed by atoms with E-state index in [-0.39, 0.29) is 11.1 Å². The van der Waals surface area contributed by atoms with E-state index in [1.54, 1.807) is 12.1 Å². The predicted molar refractivity (Wildman–Crippen MR) is 96.2 cm³/mol. The normalized spacial score (nSPS) is 12.6. The van der Waals surface area contributed by atoms with Crippen LogP contribution in [-0.2, 0) is 9.59 Å². The highest BCUT2D eigenvalue weighted by Crippen LogP contribution is 2.28. The maximum atomic E-state index is 12.2. The van der Waals surface area contributed by atoms with Gasteiger partial charge in [-0.25, -0.2) is 9.59 Å². The highest BCUT2D eigenvalue weighted by molar-refractivity contribution is 5.94. The minimum atomic E-state index is -4.85. The van der Waals surface area contributed by atoms with Gasteiger partial charge in [0.1, 0.15) is 11.1 Å². The zero-order chi connectivity index (χ0) is 22.9. The number of carboxylic acids is 2. The van der Waals surface area contributed by atoms with Crippen molar-refractivity contribution >= 4 is 24.1 Å². The Bertz CT molecular complexity index is 836. The second kappa shape index (κ2) is 10.3. The van der Waals surface area contributed by atoms with E-state index < -0.39 is 35.4 Å². The molecule has 0 spiro atoms. The fourth-order valence-electron chi connectivity index (χ4n) is 1.96. The quantitative estimate of drug-likeness (QED) is 0.499. The van der Waals surface area contributed by atoms with Gasteiger partial charge in [0.25, 0.3) is 0 Å². The largest absolute Gasteiger partial charge is 0.478 e. The molecule has 2 aromatic rings. The van der Waals surface area contributed by atoms with Crippen molar-refractivity contribution in [2.75, 3.05) is 0 Å². The number of hydrogen-bond donors (Lipinski definition) is 2. The summed E-state index contributed by atoms with van der Waals surface area (Å²) in [6, 6.07) is 15.0. The van der Waals surface area contributed by atoms with E-state index in [0.717, 1.165) is 0 Å². The van der Waals surface area contributed by atoms with Crippen LogP contribution in [0.5, 0.6) is 0 Å². The molecule has 0 aliphatic carbocycles. The molecule has 4 nitrogen and oxygen atoms in total. The highest BCUT2D eigenvalue weighted by atomic mass is 19.4. The molecule has 0 aromatic heterocycles. The lowest BCUT2D eigenvalue weighted by molar-refractivity contribution is -0.146. The Morgan fingerprint density at radius 2 is 0.867 bits per heavy atom. The summed E-state index contributed by atoms with van der Waals surface area (Å²) in [4.78, 5) is 20.7. The number of carboxylic acid groups (broad SMARTS) is 2. The van der Waals surface area contributed by atoms with Gasteiger partial charge in [-0.1, -0.05) is 60.7 Å². The van der Waals surface area contributed by atoms with E-state index in [1.165, 1.54) is 48.5 Å². The van der Waals surface area contributed by atoms with Crippen molar-refractivity contribution in [2.24, 2.45) is 0 Å². The maximum absolute atomic E-state index is 12.2. The molecule has 160 valence electrons. The number of alkyl halides is 6. The second-order valence-electron chi connectivity index (χ2n) is 5.54. The summed E-state index contributed by atoms with van der Waals surface area (Å²) in [6.45, 7) is 0. The van der Waals surface area contributed by atoms with Crippen LogP contribution in [0.4, 0.5) is 26.3 Å². The Labute approximate surface area is 166 Å². The average Bonchev–Trinajstić information content (AvgIpc) is 2.64. The van der Waals surface area contributed by atoms with Gasteiger partial charge in [-0.3, -0.25) is 0 Å². The highest BCUT2D eigenvalue weighted by Gasteiger charge is 2.39. The smallest absolute Gasteiger partial charge is 0.423 e. The molecule has 0 saturated carbocycles. The molecule has 0 saturated heterocycles. The van der Waals surface area contributed by atoms with Gasteiger partial charge < -0.3 is 10.2 Å². The Morgan fingerprint density at radius 3 is 1.07 bits per heavy atom. The zero-order valence-corrected chi connectivity index (χ0v) is 14.9. The van der Waals surface area contributed by atoms with Crippen LogP contribution in [0.2, 0.25) is 0 Å². The van der Waals surface area contributed by atoms with Crippen molar-refractivity contribution in [3.8, 4) is 0 Å². The lowest BCUT2D eigenvalue weighted by Crippen LogP contribution is -2.19. The van der Waals surface area contributed by atoms with Crippen molar-refractivity contribution in [1.29, 1.82) is 0 Å². The standard InChI is InChI=1S/2C10H7F3O2/c2*11-10(12,13)8(9(14)15)6-7-4-2-1-3-5-7/h2*1-6H,(H,14,15)/b2*8-6-. The van der Waals surface area contributed by atoms with E-state index in [9.17, 15) is 35.9 Å². The molecule has 30 heavy (non-hydrogen) atoms. The number of benzene rings is 2. The molecule has 10 heteroatoms. The molecule has 0 aliphatic rings. The molecular formula is C20H14F6O4. The van der Waals surface area contributed by atoms with E-state index in [4.69, 9.17) is 10.2 Å². The van der Waals surface area contributed by atoms with Crippen LogP contribution in [0, 0.1) is 0 Å². The summed E-state index contributed by atoms with van der Waals surface area (Å²) in [6.07, 6.45) is -8.49. The van der Waals surface area contributed by atoms with Crippen molar-refractivity contribution in [3.63, 3.8) is 0 Å². The molecule has 0 fully saturated rings. The fourth-order valence-corrected chi connectivity index (χ4v) is 1.96. The number of hydrogen-bond acceptors (Lipinski definition) is 2. The fraction of sp³-hybridized carbons (Fsp3) is 0.100. The van der Waals surface area contributed by atoms with Crippen molar-refractivity contribution in [1.82, 2.24) is 0 Å². The average molecular weight is 432 g/mol. The van der Waals surface area contributed by atoms with Gasteiger partial charge in [-0.15, -0.1) is 0 Å². The Hall–Kier alpha value is -3.56. The Balaban J connectivity index is 0.000000300. The molecule has 0 aliphatic heterocycles. The number of aliphatic carboxylic acids is 2. The molecular weight excluding hydrogens is 418 g/mol. The van der Waals surface area contributed by atoms with Crippen molar-refractivity contribution in [3.05, 3.63) is 82.9 Å². The van der Waals surface area contributed by atoms with Gasteiger partial charge in [0, 0.05) is 0 Å². The molecule has 0 atom stereocenters. The molecule has 0 unspecified atom stereocenters. The summed E-state index contributed by atoms with van der Waals surface area (Å²) in [5.74, 6) is -3.96. The molecule has 2 rings (SSSR count). The summed E-state index contributed by atoms with van der Waals surface area (Å²) < 4.78 is 73.2. The molecule has 2 N–H and O–H groups in total. The summed E-state index contributed by atoms with van der Waals surface area (Å²) in [7, 11) is 0. The SMILES string of the molecule is O=C(O)/C(=C/c1ccccc1)C(F)(F)F.O=C(O)/C(=C/c1ccccc1)C(F)(F)F. The lowest BCUT2D eigenvalue weighted by atomic mass is 10.1. The Morgan fingerprint density at radius 1 is 0.600 bits per heavy atom. The minimum absolute atomic E-state index is 0.201. The third-order valence-corrected chi connectivity index (χ3v) is 3.29. The van der Waals surface area contributed by atoms with E-state index in [0.29, 0.717) is 12.2 Å². The monoisotopic (exact) mass is 432 g/mol. The second-order valence-corrected chi connectivity index (χ2v) is 5.54. The topological polar surface area (TPSA) is 74.6 Å².